The van der Waals surface area contributed by atoms with Gasteiger partial charge in [-0.2, -0.15) is 4.74 Å². The van der Waals surface area contributed by atoms with E-state index in [1.54, 1.807) is 18.2 Å². The minimum atomic E-state index is -0.922. The number of aliphatic carboxylic acids is 1. The van der Waals surface area contributed by atoms with Crippen molar-refractivity contribution in [2.45, 2.75) is 6.42 Å². The van der Waals surface area contributed by atoms with Crippen LogP contribution >= 0.6 is 0 Å². The average Bonchev–Trinajstić information content (AvgIpc) is 2.43. The minimum Gasteiger partial charge on any atom is -0.481 e. The Balaban J connectivity index is 2.59. The van der Waals surface area contributed by atoms with E-state index in [1.807, 2.05) is 0 Å². The summed E-state index contributed by atoms with van der Waals surface area (Å²) in [5.41, 5.74) is 0.808. The second-order valence-electron chi connectivity index (χ2n) is 3.29. The Morgan fingerprint density at radius 1 is 1.53 bits per heavy atom. The van der Waals surface area contributed by atoms with Gasteiger partial charge in [-0.15, -0.1) is 0 Å². The van der Waals surface area contributed by atoms with Crippen LogP contribution in [0, 0.1) is 0 Å². The standard InChI is InChI=1S/C10H9NO4/c1-11-10(14)7-4-6(5-9(12)13)2-3-8(7)15-11/h2-4H,5H2,1H3,(H,12,13). The zero-order valence-corrected chi connectivity index (χ0v) is 8.06. The van der Waals surface area contributed by atoms with Crippen LogP contribution in [-0.2, 0) is 18.3 Å². The molecule has 78 valence electrons. The summed E-state index contributed by atoms with van der Waals surface area (Å²) in [5.74, 6) is -0.922. The lowest BCUT2D eigenvalue weighted by Gasteiger charge is -1.94. The van der Waals surface area contributed by atoms with E-state index in [1.165, 1.54) is 7.05 Å². The van der Waals surface area contributed by atoms with Crippen LogP contribution in [0.2, 0.25) is 0 Å². The van der Waals surface area contributed by atoms with Gasteiger partial charge in [0.05, 0.1) is 11.8 Å². The molecule has 1 aromatic carbocycles. The van der Waals surface area contributed by atoms with Gasteiger partial charge in [-0.1, -0.05) is 6.07 Å². The third-order valence-electron chi connectivity index (χ3n) is 2.15. The van der Waals surface area contributed by atoms with Gasteiger partial charge in [-0.3, -0.25) is 9.59 Å². The molecule has 1 heterocycles. The summed E-state index contributed by atoms with van der Waals surface area (Å²) >= 11 is 0. The Labute approximate surface area is 84.5 Å². The van der Waals surface area contributed by atoms with E-state index in [-0.39, 0.29) is 12.0 Å². The summed E-state index contributed by atoms with van der Waals surface area (Å²) in [5, 5.41) is 9.02. The van der Waals surface area contributed by atoms with E-state index < -0.39 is 5.97 Å². The number of rotatable bonds is 2. The molecule has 0 aliphatic carbocycles. The van der Waals surface area contributed by atoms with Crippen molar-refractivity contribution in [3.05, 3.63) is 34.1 Å². The molecule has 0 bridgehead atoms. The number of aryl methyl sites for hydroxylation is 1. The van der Waals surface area contributed by atoms with Crippen LogP contribution in [0.3, 0.4) is 0 Å². The lowest BCUT2D eigenvalue weighted by atomic mass is 10.1. The lowest BCUT2D eigenvalue weighted by molar-refractivity contribution is -0.136. The molecule has 0 atom stereocenters. The maximum Gasteiger partial charge on any atom is 0.307 e. The van der Waals surface area contributed by atoms with E-state index in [0.29, 0.717) is 16.5 Å². The molecule has 0 aliphatic heterocycles. The van der Waals surface area contributed by atoms with Crippen molar-refractivity contribution < 1.29 is 14.4 Å². The Kier molecular flexibility index (Phi) is 2.07. The highest BCUT2D eigenvalue weighted by atomic mass is 16.5. The minimum absolute atomic E-state index is 0.0930. The van der Waals surface area contributed by atoms with Crippen LogP contribution in [-0.4, -0.2) is 15.8 Å². The summed E-state index contributed by atoms with van der Waals surface area (Å²) < 4.78 is 6.24. The van der Waals surface area contributed by atoms with Crippen molar-refractivity contribution in [3.8, 4) is 0 Å². The van der Waals surface area contributed by atoms with Crippen LogP contribution in [0.4, 0.5) is 0 Å². The summed E-state index contributed by atoms with van der Waals surface area (Å²) in [6.07, 6.45) is -0.0930. The first-order valence-corrected chi connectivity index (χ1v) is 4.38. The molecule has 5 heteroatoms. The molecule has 0 spiro atoms. The van der Waals surface area contributed by atoms with Gasteiger partial charge in [0, 0.05) is 7.05 Å². The molecule has 2 aromatic rings. The predicted octanol–water partition coefficient (Wildman–Crippen LogP) is 0.759. The van der Waals surface area contributed by atoms with Gasteiger partial charge in [0.1, 0.15) is 0 Å². The highest BCUT2D eigenvalue weighted by molar-refractivity contribution is 5.79. The van der Waals surface area contributed by atoms with Gasteiger partial charge in [0.15, 0.2) is 5.58 Å². The van der Waals surface area contributed by atoms with Crippen LogP contribution in [0.1, 0.15) is 5.56 Å². The number of aromatic nitrogens is 1. The van der Waals surface area contributed by atoms with Crippen LogP contribution in [0.5, 0.6) is 0 Å². The molecule has 15 heavy (non-hydrogen) atoms. The fourth-order valence-electron chi connectivity index (χ4n) is 1.47. The number of fused-ring (bicyclic) bond motifs is 1. The Morgan fingerprint density at radius 2 is 2.27 bits per heavy atom. The average molecular weight is 207 g/mol. The van der Waals surface area contributed by atoms with E-state index in [4.69, 9.17) is 9.63 Å². The predicted molar refractivity (Wildman–Crippen MR) is 52.8 cm³/mol. The first-order valence-electron chi connectivity index (χ1n) is 4.38. The quantitative estimate of drug-likeness (QED) is 0.789. The van der Waals surface area contributed by atoms with Gasteiger partial charge in [-0.05, 0) is 17.7 Å². The number of benzene rings is 1. The van der Waals surface area contributed by atoms with Crippen LogP contribution < -0.4 is 5.56 Å². The molecule has 0 fully saturated rings. The summed E-state index contributed by atoms with van der Waals surface area (Å²) in [4.78, 5) is 22.0. The second kappa shape index (κ2) is 3.27. The number of hydrogen-bond donors (Lipinski definition) is 1. The van der Waals surface area contributed by atoms with Crippen LogP contribution in [0.15, 0.2) is 27.5 Å². The first kappa shape index (κ1) is 9.51. The van der Waals surface area contributed by atoms with Gasteiger partial charge in [-0.25, -0.2) is 0 Å². The van der Waals surface area contributed by atoms with E-state index >= 15 is 0 Å². The van der Waals surface area contributed by atoms with Crippen molar-refractivity contribution in [2.75, 3.05) is 0 Å². The van der Waals surface area contributed by atoms with E-state index in [9.17, 15) is 9.59 Å². The molecule has 0 saturated heterocycles. The fourth-order valence-corrected chi connectivity index (χ4v) is 1.47. The fraction of sp³-hybridized carbons (Fsp3) is 0.200. The molecule has 0 aliphatic rings. The Hall–Kier alpha value is -2.04. The maximum absolute atomic E-state index is 11.5. The second-order valence-corrected chi connectivity index (χ2v) is 3.29. The normalized spacial score (nSPS) is 10.7. The zero-order chi connectivity index (χ0) is 11.0. The zero-order valence-electron chi connectivity index (χ0n) is 8.06. The van der Waals surface area contributed by atoms with Crippen LogP contribution in [0.25, 0.3) is 11.0 Å². The van der Waals surface area contributed by atoms with Gasteiger partial charge < -0.3 is 9.63 Å². The molecule has 0 unspecified atom stereocenters. The number of nitrogens with zero attached hydrogens (tertiary/aromatic N) is 1. The molecule has 0 saturated carbocycles. The first-order chi connectivity index (χ1) is 7.08. The lowest BCUT2D eigenvalue weighted by Crippen LogP contribution is -2.09. The number of carbonyl (C=O) groups is 1. The van der Waals surface area contributed by atoms with E-state index in [2.05, 4.69) is 0 Å². The third-order valence-corrected chi connectivity index (χ3v) is 2.15. The summed E-state index contributed by atoms with van der Waals surface area (Å²) in [6, 6.07) is 4.80. The molecular formula is C10H9NO4. The molecule has 1 aromatic heterocycles. The smallest absolute Gasteiger partial charge is 0.307 e. The molecule has 1 N–H and O–H groups in total. The van der Waals surface area contributed by atoms with Crippen molar-refractivity contribution in [1.82, 2.24) is 4.74 Å². The molecule has 0 radical (unpaired) electrons. The summed E-state index contributed by atoms with van der Waals surface area (Å²) in [6.45, 7) is 0. The van der Waals surface area contributed by atoms with Crippen molar-refractivity contribution >= 4 is 16.9 Å². The van der Waals surface area contributed by atoms with Crippen molar-refractivity contribution in [3.63, 3.8) is 0 Å². The third kappa shape index (κ3) is 1.63. The highest BCUT2D eigenvalue weighted by Crippen LogP contribution is 2.13. The van der Waals surface area contributed by atoms with Gasteiger partial charge in [0.2, 0.25) is 0 Å². The summed E-state index contributed by atoms with van der Waals surface area (Å²) in [7, 11) is 1.51. The molecule has 0 amide bonds. The maximum atomic E-state index is 11.5. The monoisotopic (exact) mass is 207 g/mol. The largest absolute Gasteiger partial charge is 0.481 e. The molecular weight excluding hydrogens is 198 g/mol. The van der Waals surface area contributed by atoms with Crippen molar-refractivity contribution in [2.24, 2.45) is 7.05 Å². The highest BCUT2D eigenvalue weighted by Gasteiger charge is 2.08. The SMILES string of the molecule is Cn1oc2ccc(CC(=O)O)cc2c1=O. The van der Waals surface area contributed by atoms with E-state index in [0.717, 1.165) is 4.74 Å². The van der Waals surface area contributed by atoms with Crippen molar-refractivity contribution in [1.29, 1.82) is 0 Å². The topological polar surface area (TPSA) is 72.4 Å². The number of hydrogen-bond acceptors (Lipinski definition) is 3. The Bertz CT molecular complexity index is 579. The molecule has 2 rings (SSSR count). The number of carboxylic acids is 1. The van der Waals surface area contributed by atoms with Gasteiger partial charge >= 0.3 is 5.97 Å². The molecule has 5 nitrogen and oxygen atoms in total. The van der Waals surface area contributed by atoms with Gasteiger partial charge in [0.25, 0.3) is 5.56 Å². The number of carboxylic acid groups (broad SMARTS) is 1. The Morgan fingerprint density at radius 3 is 2.93 bits per heavy atom.